The van der Waals surface area contributed by atoms with Gasteiger partial charge in [-0.3, -0.25) is 9.36 Å². The fourth-order valence-corrected chi connectivity index (χ4v) is 4.74. The van der Waals surface area contributed by atoms with Crippen molar-refractivity contribution < 1.29 is 9.21 Å². The van der Waals surface area contributed by atoms with E-state index in [9.17, 15) is 4.79 Å². The van der Waals surface area contributed by atoms with E-state index >= 15 is 0 Å². The minimum absolute atomic E-state index is 0.0599. The molecule has 146 valence electrons. The monoisotopic (exact) mass is 403 g/mol. The first-order chi connectivity index (χ1) is 14.2. The Morgan fingerprint density at radius 3 is 2.86 bits per heavy atom. The Balaban J connectivity index is 1.38. The third-order valence-corrected chi connectivity index (χ3v) is 6.22. The first-order valence-electron chi connectivity index (χ1n) is 9.88. The molecule has 0 aliphatic heterocycles. The highest BCUT2D eigenvalue weighted by Gasteiger charge is 2.23. The number of nitrogens with zero attached hydrogens (tertiary/aromatic N) is 3. The van der Waals surface area contributed by atoms with Crippen molar-refractivity contribution >= 4 is 28.6 Å². The predicted molar refractivity (Wildman–Crippen MR) is 114 cm³/mol. The van der Waals surface area contributed by atoms with Crippen LogP contribution in [-0.4, -0.2) is 26.4 Å². The highest BCUT2D eigenvalue weighted by Crippen LogP contribution is 2.33. The summed E-state index contributed by atoms with van der Waals surface area (Å²) in [5, 5.41) is 9.87. The smallest absolute Gasteiger partial charge is 0.277 e. The van der Waals surface area contributed by atoms with Crippen molar-refractivity contribution in [3.05, 3.63) is 65.4 Å². The second-order valence-electron chi connectivity index (χ2n) is 7.41. The number of rotatable bonds is 4. The van der Waals surface area contributed by atoms with E-state index in [4.69, 9.17) is 4.42 Å². The normalized spacial score (nSPS) is 13.6. The molecule has 6 heteroatoms. The summed E-state index contributed by atoms with van der Waals surface area (Å²) in [5.74, 6) is 0.803. The molecule has 2 aromatic heterocycles. The summed E-state index contributed by atoms with van der Waals surface area (Å²) < 4.78 is 7.68. The van der Waals surface area contributed by atoms with Gasteiger partial charge in [-0.05, 0) is 56.4 Å². The molecule has 1 aliphatic carbocycles. The Morgan fingerprint density at radius 2 is 1.97 bits per heavy atom. The molecule has 5 nitrogen and oxygen atoms in total. The third kappa shape index (κ3) is 3.38. The quantitative estimate of drug-likeness (QED) is 0.432. The second-order valence-corrected chi connectivity index (χ2v) is 8.34. The molecule has 0 amide bonds. The zero-order valence-corrected chi connectivity index (χ0v) is 17.0. The standard InChI is InChI=1S/C23H21N3O2S/c1-15-7-6-8-16(13-15)22-24-25-23(28-22)29-14-21(27)26-19-11-4-2-9-17(19)18-10-3-5-12-20(18)26/h2,4,6-9,11,13H,3,5,10,12,14H2,1H3. The number of aromatic nitrogens is 3. The van der Waals surface area contributed by atoms with Gasteiger partial charge in [0.1, 0.15) is 0 Å². The molecular formula is C23H21N3O2S. The van der Waals surface area contributed by atoms with Gasteiger partial charge in [-0.2, -0.15) is 0 Å². The van der Waals surface area contributed by atoms with Gasteiger partial charge < -0.3 is 4.42 Å². The molecule has 0 N–H and O–H groups in total. The number of benzene rings is 2. The van der Waals surface area contributed by atoms with Crippen LogP contribution in [-0.2, 0) is 12.8 Å². The lowest BCUT2D eigenvalue weighted by Crippen LogP contribution is -2.18. The lowest BCUT2D eigenvalue weighted by Gasteiger charge is -2.14. The van der Waals surface area contributed by atoms with Gasteiger partial charge in [-0.1, -0.05) is 47.7 Å². The maximum absolute atomic E-state index is 13.1. The van der Waals surface area contributed by atoms with Crippen LogP contribution < -0.4 is 0 Å². The predicted octanol–water partition coefficient (Wildman–Crippen LogP) is 5.31. The lowest BCUT2D eigenvalue weighted by molar-refractivity contribution is 0.0943. The average Bonchev–Trinajstić information content (AvgIpc) is 3.35. The molecule has 2 heterocycles. The largest absolute Gasteiger partial charge is 0.411 e. The molecule has 0 unspecified atom stereocenters. The van der Waals surface area contributed by atoms with E-state index in [2.05, 4.69) is 16.3 Å². The number of hydrogen-bond donors (Lipinski definition) is 0. The number of thioether (sulfide) groups is 1. The molecule has 0 radical (unpaired) electrons. The van der Waals surface area contributed by atoms with Crippen molar-refractivity contribution in [3.63, 3.8) is 0 Å². The fourth-order valence-electron chi connectivity index (χ4n) is 4.13. The number of para-hydroxylation sites is 1. The summed E-state index contributed by atoms with van der Waals surface area (Å²) >= 11 is 1.30. The molecule has 0 bridgehead atoms. The van der Waals surface area contributed by atoms with E-state index in [-0.39, 0.29) is 11.7 Å². The number of aryl methyl sites for hydroxylation is 2. The molecule has 1 aliphatic rings. The van der Waals surface area contributed by atoms with Gasteiger partial charge in [0.15, 0.2) is 0 Å². The van der Waals surface area contributed by atoms with Crippen LogP contribution in [0.2, 0.25) is 0 Å². The topological polar surface area (TPSA) is 60.9 Å². The number of carbonyl (C=O) groups excluding carboxylic acids is 1. The van der Waals surface area contributed by atoms with Crippen LogP contribution in [0, 0.1) is 6.92 Å². The summed E-state index contributed by atoms with van der Waals surface area (Å²) in [7, 11) is 0. The lowest BCUT2D eigenvalue weighted by atomic mass is 9.96. The third-order valence-electron chi connectivity index (χ3n) is 5.42. The number of fused-ring (bicyclic) bond motifs is 3. The Hall–Kier alpha value is -2.86. The van der Waals surface area contributed by atoms with Crippen molar-refractivity contribution in [2.24, 2.45) is 0 Å². The van der Waals surface area contributed by atoms with Crippen LogP contribution in [0.5, 0.6) is 0 Å². The molecule has 2 aromatic carbocycles. The molecule has 0 saturated carbocycles. The molecule has 0 fully saturated rings. The van der Waals surface area contributed by atoms with E-state index in [1.165, 1.54) is 34.8 Å². The molecule has 0 atom stereocenters. The van der Waals surface area contributed by atoms with Crippen LogP contribution in [0.1, 0.15) is 34.5 Å². The summed E-state index contributed by atoms with van der Waals surface area (Å²) in [6.45, 7) is 2.02. The first-order valence-corrected chi connectivity index (χ1v) is 10.9. The Bertz CT molecular complexity index is 1210. The van der Waals surface area contributed by atoms with Crippen molar-refractivity contribution in [2.45, 2.75) is 37.8 Å². The van der Waals surface area contributed by atoms with Crippen molar-refractivity contribution in [1.29, 1.82) is 0 Å². The van der Waals surface area contributed by atoms with Crippen LogP contribution in [0.3, 0.4) is 0 Å². The minimum Gasteiger partial charge on any atom is -0.411 e. The highest BCUT2D eigenvalue weighted by molar-refractivity contribution is 7.99. The van der Waals surface area contributed by atoms with Gasteiger partial charge in [-0.15, -0.1) is 10.2 Å². The average molecular weight is 404 g/mol. The summed E-state index contributed by atoms with van der Waals surface area (Å²) in [5.41, 5.74) is 5.55. The van der Waals surface area contributed by atoms with Gasteiger partial charge in [0, 0.05) is 16.6 Å². The number of hydrogen-bond acceptors (Lipinski definition) is 5. The van der Waals surface area contributed by atoms with Gasteiger partial charge in [0.05, 0.1) is 11.3 Å². The molecular weight excluding hydrogens is 382 g/mol. The van der Waals surface area contributed by atoms with Crippen molar-refractivity contribution in [2.75, 3.05) is 5.75 Å². The Labute approximate surface area is 173 Å². The summed E-state index contributed by atoms with van der Waals surface area (Å²) in [6.07, 6.45) is 4.33. The summed E-state index contributed by atoms with van der Waals surface area (Å²) in [6, 6.07) is 16.1. The van der Waals surface area contributed by atoms with Crippen LogP contribution in [0.4, 0.5) is 0 Å². The van der Waals surface area contributed by atoms with Gasteiger partial charge in [0.2, 0.25) is 11.8 Å². The highest BCUT2D eigenvalue weighted by atomic mass is 32.2. The van der Waals surface area contributed by atoms with Crippen LogP contribution in [0.15, 0.2) is 58.2 Å². The van der Waals surface area contributed by atoms with Gasteiger partial charge >= 0.3 is 0 Å². The minimum atomic E-state index is 0.0599. The zero-order valence-electron chi connectivity index (χ0n) is 16.2. The molecule has 29 heavy (non-hydrogen) atoms. The molecule has 0 saturated heterocycles. The second kappa shape index (κ2) is 7.52. The van der Waals surface area contributed by atoms with E-state index < -0.39 is 0 Å². The van der Waals surface area contributed by atoms with E-state index in [1.54, 1.807) is 0 Å². The zero-order chi connectivity index (χ0) is 19.8. The van der Waals surface area contributed by atoms with Crippen LogP contribution >= 0.6 is 11.8 Å². The SMILES string of the molecule is Cc1cccc(-c2nnc(SCC(=O)n3c4c(c5ccccc53)CCCC4)o2)c1. The Kier molecular flexibility index (Phi) is 4.72. The molecule has 0 spiro atoms. The van der Waals surface area contributed by atoms with E-state index in [0.29, 0.717) is 11.1 Å². The number of carbonyl (C=O) groups is 1. The maximum atomic E-state index is 13.1. The van der Waals surface area contributed by atoms with E-state index in [0.717, 1.165) is 35.9 Å². The van der Waals surface area contributed by atoms with Crippen LogP contribution in [0.25, 0.3) is 22.4 Å². The summed E-state index contributed by atoms with van der Waals surface area (Å²) in [4.78, 5) is 13.1. The fraction of sp³-hybridized carbons (Fsp3) is 0.261. The van der Waals surface area contributed by atoms with Gasteiger partial charge in [-0.25, -0.2) is 0 Å². The van der Waals surface area contributed by atoms with Crippen molar-refractivity contribution in [3.8, 4) is 11.5 Å². The van der Waals surface area contributed by atoms with Crippen molar-refractivity contribution in [1.82, 2.24) is 14.8 Å². The first kappa shape index (κ1) is 18.2. The van der Waals surface area contributed by atoms with Gasteiger partial charge in [0.25, 0.3) is 5.22 Å². The van der Waals surface area contributed by atoms with E-state index in [1.807, 2.05) is 54.0 Å². The molecule has 4 aromatic rings. The maximum Gasteiger partial charge on any atom is 0.277 e. The molecule has 5 rings (SSSR count). The Morgan fingerprint density at radius 1 is 1.10 bits per heavy atom.